The van der Waals surface area contributed by atoms with Crippen molar-refractivity contribution in [3.8, 4) is 0 Å². The molecule has 0 bridgehead atoms. The van der Waals surface area contributed by atoms with Crippen LogP contribution in [0.5, 0.6) is 0 Å². The van der Waals surface area contributed by atoms with Gasteiger partial charge in [-0.2, -0.15) is 0 Å². The smallest absolute Gasteiger partial charge is 0.0645 e. The maximum absolute atomic E-state index is 5.27. The quantitative estimate of drug-likeness (QED) is 0.741. The first-order chi connectivity index (χ1) is 8.33. The van der Waals surface area contributed by atoms with E-state index in [9.17, 15) is 0 Å². The van der Waals surface area contributed by atoms with Gasteiger partial charge in [0.05, 0.1) is 19.3 Å². The summed E-state index contributed by atoms with van der Waals surface area (Å²) in [5.74, 6) is 0.762. The van der Waals surface area contributed by atoms with Crippen LogP contribution in [0.15, 0.2) is 24.3 Å². The van der Waals surface area contributed by atoms with Crippen molar-refractivity contribution in [2.45, 2.75) is 24.8 Å². The first-order valence-electron chi connectivity index (χ1n) is 6.50. The summed E-state index contributed by atoms with van der Waals surface area (Å²) >= 11 is 0. The van der Waals surface area contributed by atoms with Crippen molar-refractivity contribution in [3.05, 3.63) is 29.8 Å². The minimum absolute atomic E-state index is 0.713. The second-order valence-electron chi connectivity index (χ2n) is 5.17. The van der Waals surface area contributed by atoms with Crippen molar-refractivity contribution in [1.82, 2.24) is 4.90 Å². The molecule has 0 spiro atoms. The molecule has 3 heteroatoms. The molecule has 2 aliphatic heterocycles. The lowest BCUT2D eigenvalue weighted by atomic mass is 9.89. The number of ether oxygens (including phenoxy) is 1. The molecule has 1 unspecified atom stereocenters. The minimum atomic E-state index is 0.713. The monoisotopic (exact) mass is 249 g/mol. The number of hydrogen-bond acceptors (Lipinski definition) is 2. The number of benzene rings is 1. The zero-order chi connectivity index (χ0) is 11.7. The molecule has 0 N–H and O–H groups in total. The molecular formula is C14H20NOP. The van der Waals surface area contributed by atoms with Gasteiger partial charge in [-0.25, -0.2) is 0 Å². The van der Waals surface area contributed by atoms with Crippen molar-refractivity contribution in [2.75, 3.05) is 26.3 Å². The highest BCUT2D eigenvalue weighted by molar-refractivity contribution is 7.27. The highest BCUT2D eigenvalue weighted by Crippen LogP contribution is 2.29. The summed E-state index contributed by atoms with van der Waals surface area (Å²) in [5, 5.41) is 1.28. The zero-order valence-electron chi connectivity index (χ0n) is 10.1. The van der Waals surface area contributed by atoms with Gasteiger partial charge in [0.1, 0.15) is 0 Å². The number of piperidine rings is 1. The molecule has 0 radical (unpaired) electrons. The lowest BCUT2D eigenvalue weighted by Gasteiger charge is -2.41. The Morgan fingerprint density at radius 2 is 1.71 bits per heavy atom. The molecule has 2 aliphatic rings. The minimum Gasteiger partial charge on any atom is -0.378 e. The van der Waals surface area contributed by atoms with Gasteiger partial charge < -0.3 is 4.74 Å². The molecule has 2 fully saturated rings. The third-order valence-corrected chi connectivity index (χ3v) is 4.46. The number of rotatable bonds is 2. The van der Waals surface area contributed by atoms with Crippen LogP contribution in [-0.4, -0.2) is 37.2 Å². The van der Waals surface area contributed by atoms with Crippen molar-refractivity contribution >= 4 is 14.5 Å². The van der Waals surface area contributed by atoms with E-state index in [2.05, 4.69) is 38.4 Å². The van der Waals surface area contributed by atoms with Crippen molar-refractivity contribution in [1.29, 1.82) is 0 Å². The molecule has 0 saturated carbocycles. The van der Waals surface area contributed by atoms with E-state index >= 15 is 0 Å². The summed E-state index contributed by atoms with van der Waals surface area (Å²) in [5.41, 5.74) is 1.51. The predicted octanol–water partition coefficient (Wildman–Crippen LogP) is 1.77. The van der Waals surface area contributed by atoms with E-state index in [1.54, 1.807) is 0 Å². The average Bonchev–Trinajstić information content (AvgIpc) is 2.29. The summed E-state index contributed by atoms with van der Waals surface area (Å²) in [6, 6.07) is 9.69. The van der Waals surface area contributed by atoms with Crippen LogP contribution in [0, 0.1) is 0 Å². The van der Waals surface area contributed by atoms with Crippen LogP contribution in [-0.2, 0) is 4.74 Å². The Hall–Kier alpha value is -0.430. The maximum atomic E-state index is 5.27. The maximum Gasteiger partial charge on any atom is 0.0645 e. The Morgan fingerprint density at radius 3 is 2.24 bits per heavy atom. The van der Waals surface area contributed by atoms with Gasteiger partial charge >= 0.3 is 0 Å². The molecule has 0 aromatic heterocycles. The Kier molecular flexibility index (Phi) is 3.46. The number of likely N-dealkylation sites (tertiary alicyclic amines) is 1. The molecule has 2 heterocycles. The van der Waals surface area contributed by atoms with Gasteiger partial charge in [-0.05, 0) is 42.7 Å². The second-order valence-corrected chi connectivity index (χ2v) is 5.83. The largest absolute Gasteiger partial charge is 0.378 e. The summed E-state index contributed by atoms with van der Waals surface area (Å²) in [6.45, 7) is 4.38. The molecule has 0 amide bonds. The third-order valence-electron chi connectivity index (χ3n) is 4.07. The van der Waals surface area contributed by atoms with Crippen LogP contribution in [0.4, 0.5) is 0 Å². The molecule has 1 aromatic rings. The lowest BCUT2D eigenvalue weighted by molar-refractivity contribution is -0.0712. The Morgan fingerprint density at radius 1 is 1.06 bits per heavy atom. The van der Waals surface area contributed by atoms with Crippen molar-refractivity contribution < 1.29 is 4.74 Å². The third kappa shape index (κ3) is 2.54. The van der Waals surface area contributed by atoms with Gasteiger partial charge in [0.15, 0.2) is 0 Å². The van der Waals surface area contributed by atoms with E-state index < -0.39 is 0 Å². The van der Waals surface area contributed by atoms with E-state index in [4.69, 9.17) is 4.74 Å². The molecule has 2 nitrogen and oxygen atoms in total. The van der Waals surface area contributed by atoms with E-state index in [0.717, 1.165) is 19.1 Å². The fourth-order valence-electron chi connectivity index (χ4n) is 2.80. The van der Waals surface area contributed by atoms with Crippen LogP contribution in [0.1, 0.15) is 24.3 Å². The molecule has 2 saturated heterocycles. The van der Waals surface area contributed by atoms with Gasteiger partial charge in [0.25, 0.3) is 0 Å². The van der Waals surface area contributed by atoms with Gasteiger partial charge in [-0.3, -0.25) is 4.90 Å². The summed E-state index contributed by atoms with van der Waals surface area (Å²) in [4.78, 5) is 2.60. The molecule has 3 rings (SSSR count). The predicted molar refractivity (Wildman–Crippen MR) is 73.9 cm³/mol. The lowest BCUT2D eigenvalue weighted by Crippen LogP contribution is -2.51. The van der Waals surface area contributed by atoms with Crippen LogP contribution in [0.25, 0.3) is 0 Å². The van der Waals surface area contributed by atoms with Crippen LogP contribution in [0.2, 0.25) is 0 Å². The SMILES string of the molecule is Pc1ccc(C2CCN(C3COC3)CC2)cc1. The fourth-order valence-corrected chi connectivity index (χ4v) is 2.99. The molecule has 0 aliphatic carbocycles. The standard InChI is InChI=1S/C14H20NOP/c17-14-3-1-11(2-4-14)12-5-7-15(8-6-12)13-9-16-10-13/h1-4,12-13H,5-10,17H2. The Balaban J connectivity index is 1.58. The summed E-state index contributed by atoms with van der Waals surface area (Å²) in [7, 11) is 2.75. The Bertz CT molecular complexity index is 366. The second kappa shape index (κ2) is 5.06. The number of nitrogens with zero attached hydrogens (tertiary/aromatic N) is 1. The highest BCUT2D eigenvalue weighted by atomic mass is 31.0. The highest BCUT2D eigenvalue weighted by Gasteiger charge is 2.29. The zero-order valence-corrected chi connectivity index (χ0v) is 11.3. The van der Waals surface area contributed by atoms with Crippen molar-refractivity contribution in [2.24, 2.45) is 0 Å². The number of hydrogen-bond donors (Lipinski definition) is 0. The molecule has 17 heavy (non-hydrogen) atoms. The molecule has 1 aromatic carbocycles. The first-order valence-corrected chi connectivity index (χ1v) is 7.08. The topological polar surface area (TPSA) is 12.5 Å². The van der Waals surface area contributed by atoms with E-state index in [-0.39, 0.29) is 0 Å². The van der Waals surface area contributed by atoms with Gasteiger partial charge in [0, 0.05) is 0 Å². The van der Waals surface area contributed by atoms with E-state index in [1.165, 1.54) is 36.8 Å². The van der Waals surface area contributed by atoms with Gasteiger partial charge in [-0.15, -0.1) is 9.24 Å². The van der Waals surface area contributed by atoms with Gasteiger partial charge in [0.2, 0.25) is 0 Å². The molecule has 1 atom stereocenters. The van der Waals surface area contributed by atoms with Crippen LogP contribution < -0.4 is 5.30 Å². The van der Waals surface area contributed by atoms with Crippen LogP contribution >= 0.6 is 9.24 Å². The normalized spacial score (nSPS) is 23.6. The first kappa shape index (κ1) is 11.6. The summed E-state index contributed by atoms with van der Waals surface area (Å²) < 4.78 is 5.27. The van der Waals surface area contributed by atoms with E-state index in [1.807, 2.05) is 0 Å². The summed E-state index contributed by atoms with van der Waals surface area (Å²) in [6.07, 6.45) is 2.60. The van der Waals surface area contributed by atoms with Gasteiger partial charge in [-0.1, -0.05) is 24.3 Å². The average molecular weight is 249 g/mol. The molecule has 92 valence electrons. The van der Waals surface area contributed by atoms with Crippen LogP contribution in [0.3, 0.4) is 0 Å². The molecular weight excluding hydrogens is 229 g/mol. The van der Waals surface area contributed by atoms with Crippen molar-refractivity contribution in [3.63, 3.8) is 0 Å². The van der Waals surface area contributed by atoms with E-state index in [0.29, 0.717) is 6.04 Å². The Labute approximate surface area is 106 Å². The fraction of sp³-hybridized carbons (Fsp3) is 0.571.